The molecule has 1 aromatic rings. The quantitative estimate of drug-likeness (QED) is 0.470. The molecule has 0 aliphatic rings. The van der Waals surface area contributed by atoms with Crippen molar-refractivity contribution in [3.05, 3.63) is 34.9 Å². The van der Waals surface area contributed by atoms with Gasteiger partial charge in [-0.2, -0.15) is 0 Å². The Kier molecular flexibility index (Phi) is 9.61. The van der Waals surface area contributed by atoms with Crippen molar-refractivity contribution in [3.8, 4) is 0 Å². The van der Waals surface area contributed by atoms with Crippen molar-refractivity contribution in [2.24, 2.45) is 0 Å². The molecule has 1 aromatic carbocycles. The zero-order valence-electron chi connectivity index (χ0n) is 14.4. The van der Waals surface area contributed by atoms with Gasteiger partial charge in [0.25, 0.3) is 0 Å². The maximum absolute atomic E-state index is 11.1. The smallest absolute Gasteiger partial charge is 0.335 e. The number of hydrogen-bond acceptors (Lipinski definition) is 1. The Balaban J connectivity index is 2.13. The highest BCUT2D eigenvalue weighted by Crippen LogP contribution is 2.17. The molecule has 0 unspecified atom stereocenters. The van der Waals surface area contributed by atoms with Gasteiger partial charge in [0.2, 0.25) is 0 Å². The normalized spacial score (nSPS) is 10.8. The Morgan fingerprint density at radius 2 is 1.45 bits per heavy atom. The van der Waals surface area contributed by atoms with Crippen molar-refractivity contribution >= 4 is 5.97 Å². The van der Waals surface area contributed by atoms with Crippen LogP contribution >= 0.6 is 0 Å². The molecule has 0 aromatic heterocycles. The van der Waals surface area contributed by atoms with Crippen molar-refractivity contribution in [3.63, 3.8) is 0 Å². The van der Waals surface area contributed by atoms with Crippen LogP contribution in [-0.2, 0) is 6.42 Å². The highest BCUT2D eigenvalue weighted by Gasteiger charge is 2.09. The van der Waals surface area contributed by atoms with Crippen molar-refractivity contribution in [2.45, 2.75) is 84.5 Å². The van der Waals surface area contributed by atoms with Gasteiger partial charge in [-0.3, -0.25) is 0 Å². The van der Waals surface area contributed by atoms with E-state index in [1.807, 2.05) is 13.0 Å². The largest absolute Gasteiger partial charge is 0.478 e. The number of carboxylic acid groups (broad SMARTS) is 1. The minimum absolute atomic E-state index is 0.449. The molecular formula is C20H32O2. The second-order valence-electron chi connectivity index (χ2n) is 6.33. The summed E-state index contributed by atoms with van der Waals surface area (Å²) in [5.41, 5.74) is 2.58. The standard InChI is InChI=1S/C20H32O2/c1-3-4-5-6-7-8-9-10-11-12-14-18-15-13-16-19(17(18)2)20(21)22/h13,15-16H,3-12,14H2,1-2H3,(H,21,22). The zero-order valence-corrected chi connectivity index (χ0v) is 14.4. The lowest BCUT2D eigenvalue weighted by atomic mass is 9.97. The zero-order chi connectivity index (χ0) is 16.2. The van der Waals surface area contributed by atoms with Crippen LogP contribution in [0.1, 0.15) is 92.6 Å². The average Bonchev–Trinajstić information content (AvgIpc) is 2.50. The summed E-state index contributed by atoms with van der Waals surface area (Å²) in [6.07, 6.45) is 14.3. The molecule has 0 bridgehead atoms. The van der Waals surface area contributed by atoms with Gasteiger partial charge in [-0.15, -0.1) is 0 Å². The number of carbonyl (C=O) groups is 1. The summed E-state index contributed by atoms with van der Waals surface area (Å²) in [6, 6.07) is 5.62. The van der Waals surface area contributed by atoms with Gasteiger partial charge in [-0.05, 0) is 37.0 Å². The lowest BCUT2D eigenvalue weighted by molar-refractivity contribution is 0.0696. The Morgan fingerprint density at radius 3 is 2.00 bits per heavy atom. The number of rotatable bonds is 12. The molecule has 0 radical (unpaired) electrons. The second-order valence-corrected chi connectivity index (χ2v) is 6.33. The summed E-state index contributed by atoms with van der Waals surface area (Å²) in [6.45, 7) is 4.18. The lowest BCUT2D eigenvalue weighted by Gasteiger charge is -2.08. The number of hydrogen-bond donors (Lipinski definition) is 1. The highest BCUT2D eigenvalue weighted by atomic mass is 16.4. The first-order valence-electron chi connectivity index (χ1n) is 8.98. The number of aromatic carboxylic acids is 1. The summed E-state index contributed by atoms with van der Waals surface area (Å²) in [4.78, 5) is 11.1. The summed E-state index contributed by atoms with van der Waals surface area (Å²) < 4.78 is 0. The molecule has 1 rings (SSSR count). The molecule has 2 heteroatoms. The first-order valence-corrected chi connectivity index (χ1v) is 8.98. The fourth-order valence-electron chi connectivity index (χ4n) is 2.99. The van der Waals surface area contributed by atoms with E-state index < -0.39 is 5.97 Å². The first kappa shape index (κ1) is 18.7. The molecule has 2 nitrogen and oxygen atoms in total. The molecule has 124 valence electrons. The second kappa shape index (κ2) is 11.3. The van der Waals surface area contributed by atoms with E-state index in [1.165, 1.54) is 69.8 Å². The van der Waals surface area contributed by atoms with E-state index in [1.54, 1.807) is 6.07 Å². The van der Waals surface area contributed by atoms with Crippen LogP contribution in [0.4, 0.5) is 0 Å². The van der Waals surface area contributed by atoms with E-state index in [2.05, 4.69) is 13.0 Å². The van der Waals surface area contributed by atoms with E-state index in [4.69, 9.17) is 5.11 Å². The van der Waals surface area contributed by atoms with Gasteiger partial charge in [0.15, 0.2) is 0 Å². The van der Waals surface area contributed by atoms with E-state index in [0.717, 1.165) is 12.0 Å². The molecule has 0 saturated heterocycles. The topological polar surface area (TPSA) is 37.3 Å². The summed E-state index contributed by atoms with van der Waals surface area (Å²) in [7, 11) is 0. The summed E-state index contributed by atoms with van der Waals surface area (Å²) >= 11 is 0. The Morgan fingerprint density at radius 1 is 0.909 bits per heavy atom. The molecule has 0 amide bonds. The molecule has 0 saturated carbocycles. The average molecular weight is 304 g/mol. The van der Waals surface area contributed by atoms with Gasteiger partial charge in [0.05, 0.1) is 5.56 Å². The third-order valence-corrected chi connectivity index (χ3v) is 4.48. The van der Waals surface area contributed by atoms with E-state index >= 15 is 0 Å². The fraction of sp³-hybridized carbons (Fsp3) is 0.650. The third-order valence-electron chi connectivity index (χ3n) is 4.48. The van der Waals surface area contributed by atoms with Crippen molar-refractivity contribution < 1.29 is 9.90 Å². The van der Waals surface area contributed by atoms with Crippen molar-refractivity contribution in [1.82, 2.24) is 0 Å². The number of benzene rings is 1. The summed E-state index contributed by atoms with van der Waals surface area (Å²) in [5.74, 6) is -0.817. The van der Waals surface area contributed by atoms with Crippen LogP contribution in [0.2, 0.25) is 0 Å². The number of unbranched alkanes of at least 4 members (excludes halogenated alkanes) is 9. The SMILES string of the molecule is CCCCCCCCCCCCc1cccc(C(=O)O)c1C. The van der Waals surface area contributed by atoms with Crippen LogP contribution in [0, 0.1) is 6.92 Å². The van der Waals surface area contributed by atoms with Crippen molar-refractivity contribution in [2.75, 3.05) is 0 Å². The monoisotopic (exact) mass is 304 g/mol. The minimum Gasteiger partial charge on any atom is -0.478 e. The Hall–Kier alpha value is -1.31. The summed E-state index contributed by atoms with van der Waals surface area (Å²) in [5, 5.41) is 9.14. The van der Waals surface area contributed by atoms with Gasteiger partial charge in [-0.25, -0.2) is 4.79 Å². The third kappa shape index (κ3) is 7.11. The van der Waals surface area contributed by atoms with Crippen LogP contribution in [0.15, 0.2) is 18.2 Å². The van der Waals surface area contributed by atoms with Gasteiger partial charge in [0, 0.05) is 0 Å². The van der Waals surface area contributed by atoms with E-state index in [-0.39, 0.29) is 0 Å². The lowest BCUT2D eigenvalue weighted by Crippen LogP contribution is -2.02. The minimum atomic E-state index is -0.817. The van der Waals surface area contributed by atoms with Gasteiger partial charge < -0.3 is 5.11 Å². The molecule has 1 N–H and O–H groups in total. The maximum atomic E-state index is 11.1. The molecule has 22 heavy (non-hydrogen) atoms. The Labute approximate surface area is 135 Å². The van der Waals surface area contributed by atoms with Gasteiger partial charge in [0.1, 0.15) is 0 Å². The van der Waals surface area contributed by atoms with E-state index in [9.17, 15) is 4.79 Å². The van der Waals surface area contributed by atoms with E-state index in [0.29, 0.717) is 5.56 Å². The molecule has 0 atom stereocenters. The molecule has 0 spiro atoms. The molecular weight excluding hydrogens is 272 g/mol. The van der Waals surface area contributed by atoms with Gasteiger partial charge in [-0.1, -0.05) is 76.8 Å². The molecule has 0 heterocycles. The van der Waals surface area contributed by atoms with Crippen LogP contribution in [0.25, 0.3) is 0 Å². The Bertz CT molecular complexity index is 437. The van der Waals surface area contributed by atoms with Crippen LogP contribution < -0.4 is 0 Å². The highest BCUT2D eigenvalue weighted by molar-refractivity contribution is 5.89. The first-order chi connectivity index (χ1) is 10.7. The maximum Gasteiger partial charge on any atom is 0.335 e. The molecule has 0 fully saturated rings. The number of carboxylic acids is 1. The predicted molar refractivity (Wildman–Crippen MR) is 93.7 cm³/mol. The van der Waals surface area contributed by atoms with Crippen LogP contribution in [0.5, 0.6) is 0 Å². The van der Waals surface area contributed by atoms with Crippen molar-refractivity contribution in [1.29, 1.82) is 0 Å². The van der Waals surface area contributed by atoms with Gasteiger partial charge >= 0.3 is 5.97 Å². The van der Waals surface area contributed by atoms with Crippen LogP contribution in [-0.4, -0.2) is 11.1 Å². The van der Waals surface area contributed by atoms with Crippen LogP contribution in [0.3, 0.4) is 0 Å². The number of aryl methyl sites for hydroxylation is 1. The predicted octanol–water partition coefficient (Wildman–Crippen LogP) is 6.16. The molecule has 0 aliphatic heterocycles. The fourth-order valence-corrected chi connectivity index (χ4v) is 2.99. The molecule has 0 aliphatic carbocycles.